The predicted octanol–water partition coefficient (Wildman–Crippen LogP) is 4.96. The van der Waals surface area contributed by atoms with Gasteiger partial charge < -0.3 is 19.9 Å². The Bertz CT molecular complexity index is 1720. The van der Waals surface area contributed by atoms with Gasteiger partial charge in [-0.2, -0.15) is 8.42 Å². The van der Waals surface area contributed by atoms with Crippen LogP contribution in [0.15, 0.2) is 48.8 Å². The lowest BCUT2D eigenvalue weighted by Gasteiger charge is -2.36. The van der Waals surface area contributed by atoms with Crippen molar-refractivity contribution in [1.29, 1.82) is 0 Å². The highest BCUT2D eigenvalue weighted by molar-refractivity contribution is 7.85. The first-order valence-corrected chi connectivity index (χ1v) is 14.9. The second kappa shape index (κ2) is 11.7. The van der Waals surface area contributed by atoms with Crippen molar-refractivity contribution in [1.82, 2.24) is 18.8 Å². The molecule has 1 aliphatic heterocycles. The van der Waals surface area contributed by atoms with Crippen molar-refractivity contribution in [2.45, 2.75) is 13.8 Å². The highest BCUT2D eigenvalue weighted by atomic mass is 35.5. The third kappa shape index (κ3) is 5.78. The first kappa shape index (κ1) is 28.9. The molecule has 2 aromatic heterocycles. The highest BCUT2D eigenvalue weighted by Gasteiger charge is 2.24. The number of para-hydroxylation sites is 1. The summed E-state index contributed by atoms with van der Waals surface area (Å²) < 4.78 is 37.3. The number of benzene rings is 2. The molecule has 11 nitrogen and oxygen atoms in total. The number of halogens is 2. The number of methoxy groups -OCH3 is 1. The summed E-state index contributed by atoms with van der Waals surface area (Å²) in [6.45, 7) is 5.67. The number of piperazine rings is 1. The number of aromatic nitrogens is 3. The molecule has 2 aromatic carbocycles. The van der Waals surface area contributed by atoms with Crippen molar-refractivity contribution in [3.8, 4) is 17.0 Å². The fraction of sp³-hybridized carbons (Fsp3) is 0.296. The zero-order chi connectivity index (χ0) is 29.3. The van der Waals surface area contributed by atoms with E-state index in [1.165, 1.54) is 12.4 Å². The van der Waals surface area contributed by atoms with Gasteiger partial charge in [0.05, 0.1) is 52.5 Å². The summed E-state index contributed by atoms with van der Waals surface area (Å²) in [6.07, 6.45) is 2.87. The number of ether oxygens (including phenoxy) is 1. The minimum absolute atomic E-state index is 0.00962. The molecule has 0 saturated carbocycles. The van der Waals surface area contributed by atoms with Crippen molar-refractivity contribution in [2.24, 2.45) is 0 Å². The van der Waals surface area contributed by atoms with Crippen molar-refractivity contribution in [3.63, 3.8) is 0 Å². The van der Waals surface area contributed by atoms with E-state index >= 15 is 0 Å². The van der Waals surface area contributed by atoms with E-state index in [0.717, 1.165) is 9.66 Å². The van der Waals surface area contributed by atoms with Gasteiger partial charge in [-0.3, -0.25) is 8.98 Å². The highest BCUT2D eigenvalue weighted by Crippen LogP contribution is 2.39. The van der Waals surface area contributed by atoms with Crippen LogP contribution in [0.4, 0.5) is 17.3 Å². The van der Waals surface area contributed by atoms with Gasteiger partial charge in [0.2, 0.25) is 11.9 Å². The molecule has 5 rings (SSSR count). The van der Waals surface area contributed by atoms with Crippen LogP contribution in [-0.4, -0.2) is 73.1 Å². The van der Waals surface area contributed by atoms with E-state index in [2.05, 4.69) is 20.2 Å². The third-order valence-corrected chi connectivity index (χ3v) is 8.66. The van der Waals surface area contributed by atoms with Gasteiger partial charge >= 0.3 is 10.3 Å². The SMILES string of the molecule is CCOS(=O)(=O)n1cc(-c2nc(Nc3cc(Cl)c(N4CCN(C(C)=O)CC4)cc3OC)ncc2Cl)c2ccccc21. The molecule has 1 saturated heterocycles. The van der Waals surface area contributed by atoms with E-state index in [1.54, 1.807) is 56.2 Å². The summed E-state index contributed by atoms with van der Waals surface area (Å²) in [7, 11) is -2.52. The Balaban J connectivity index is 1.49. The quantitative estimate of drug-likeness (QED) is 0.292. The monoisotopic (exact) mass is 618 g/mol. The maximum absolute atomic E-state index is 12.8. The summed E-state index contributed by atoms with van der Waals surface area (Å²) in [4.78, 5) is 24.5. The molecule has 3 heterocycles. The molecule has 1 fully saturated rings. The lowest BCUT2D eigenvalue weighted by molar-refractivity contribution is -0.129. The number of hydrogen-bond acceptors (Lipinski definition) is 9. The predicted molar refractivity (Wildman–Crippen MR) is 160 cm³/mol. The fourth-order valence-corrected chi connectivity index (χ4v) is 6.30. The third-order valence-electron chi connectivity index (χ3n) is 6.77. The van der Waals surface area contributed by atoms with Crippen LogP contribution in [0.2, 0.25) is 10.0 Å². The number of nitrogens with one attached hydrogen (secondary N) is 1. The summed E-state index contributed by atoms with van der Waals surface area (Å²) >= 11 is 13.2. The van der Waals surface area contributed by atoms with Crippen LogP contribution < -0.4 is 15.0 Å². The van der Waals surface area contributed by atoms with Crippen LogP contribution in [-0.2, 0) is 19.3 Å². The summed E-state index contributed by atoms with van der Waals surface area (Å²) in [5.74, 6) is 0.764. The normalized spacial score (nSPS) is 14.0. The molecule has 0 aliphatic carbocycles. The van der Waals surface area contributed by atoms with Gasteiger partial charge in [0.25, 0.3) is 0 Å². The largest absolute Gasteiger partial charge is 0.494 e. The Hall–Kier alpha value is -3.58. The molecular weight excluding hydrogens is 591 g/mol. The lowest BCUT2D eigenvalue weighted by Crippen LogP contribution is -2.48. The fourth-order valence-electron chi connectivity index (χ4n) is 4.78. The van der Waals surface area contributed by atoms with Gasteiger partial charge in [0, 0.05) is 56.3 Å². The van der Waals surface area contributed by atoms with Crippen LogP contribution in [0, 0.1) is 0 Å². The molecule has 1 aliphatic rings. The van der Waals surface area contributed by atoms with Crippen LogP contribution in [0.25, 0.3) is 22.2 Å². The van der Waals surface area contributed by atoms with Gasteiger partial charge in [-0.05, 0) is 19.1 Å². The Labute approximate surface area is 247 Å². The van der Waals surface area contributed by atoms with Crippen molar-refractivity contribution in [2.75, 3.05) is 50.1 Å². The van der Waals surface area contributed by atoms with Gasteiger partial charge in [-0.15, -0.1) is 0 Å². The van der Waals surface area contributed by atoms with Crippen LogP contribution in [0.3, 0.4) is 0 Å². The topological polar surface area (TPSA) is 119 Å². The zero-order valence-electron chi connectivity index (χ0n) is 22.6. The molecule has 0 atom stereocenters. The molecule has 1 N–H and O–H groups in total. The molecular formula is C27H28Cl2N6O5S. The average molecular weight is 620 g/mol. The van der Waals surface area contributed by atoms with Gasteiger partial charge in [-0.25, -0.2) is 13.9 Å². The number of hydrogen-bond donors (Lipinski definition) is 1. The second-order valence-corrected chi connectivity index (χ2v) is 11.5. The number of amides is 1. The Morgan fingerprint density at radius 1 is 1.10 bits per heavy atom. The molecule has 0 bridgehead atoms. The minimum atomic E-state index is -4.07. The molecule has 0 unspecified atom stereocenters. The maximum Gasteiger partial charge on any atom is 0.366 e. The number of carbonyl (C=O) groups excluding carboxylic acids is 1. The van der Waals surface area contributed by atoms with E-state index < -0.39 is 10.3 Å². The van der Waals surface area contributed by atoms with Gasteiger partial charge in [-0.1, -0.05) is 41.4 Å². The second-order valence-electron chi connectivity index (χ2n) is 9.23. The first-order chi connectivity index (χ1) is 19.6. The molecule has 0 radical (unpaired) electrons. The number of carbonyl (C=O) groups is 1. The Morgan fingerprint density at radius 2 is 1.83 bits per heavy atom. The number of rotatable bonds is 8. The Kier molecular flexibility index (Phi) is 8.28. The van der Waals surface area contributed by atoms with Crippen LogP contribution in [0.5, 0.6) is 5.75 Å². The van der Waals surface area contributed by atoms with Gasteiger partial charge in [0.15, 0.2) is 0 Å². The molecule has 1 amide bonds. The van der Waals surface area contributed by atoms with Crippen molar-refractivity contribution < 1.29 is 22.1 Å². The summed E-state index contributed by atoms with van der Waals surface area (Å²) in [5, 5.41) is 4.49. The minimum Gasteiger partial charge on any atom is -0.494 e. The first-order valence-electron chi connectivity index (χ1n) is 12.8. The average Bonchev–Trinajstić information content (AvgIpc) is 3.35. The summed E-state index contributed by atoms with van der Waals surface area (Å²) in [6, 6.07) is 10.6. The van der Waals surface area contributed by atoms with E-state index in [-0.39, 0.29) is 23.5 Å². The van der Waals surface area contributed by atoms with Crippen LogP contribution >= 0.6 is 23.2 Å². The van der Waals surface area contributed by atoms with E-state index in [4.69, 9.17) is 32.1 Å². The van der Waals surface area contributed by atoms with Gasteiger partial charge in [0.1, 0.15) is 5.75 Å². The number of fused-ring (bicyclic) bond motifs is 1. The number of nitrogens with zero attached hydrogens (tertiary/aromatic N) is 5. The lowest BCUT2D eigenvalue weighted by atomic mass is 10.1. The smallest absolute Gasteiger partial charge is 0.366 e. The Morgan fingerprint density at radius 3 is 2.51 bits per heavy atom. The summed E-state index contributed by atoms with van der Waals surface area (Å²) in [5.41, 5.74) is 2.56. The standard InChI is InChI=1S/C27H28Cl2N6O5S/c1-4-40-41(37,38)35-16-19(18-7-5-6-8-23(18)35)26-21(29)15-30-27(32-26)31-22-13-20(28)24(14-25(22)39-3)34-11-9-33(10-12-34)17(2)36/h5-8,13-16H,4,9-12H2,1-3H3,(H,30,31,32). The molecule has 216 valence electrons. The maximum atomic E-state index is 12.8. The van der Waals surface area contributed by atoms with Crippen molar-refractivity contribution >= 4 is 67.6 Å². The molecule has 41 heavy (non-hydrogen) atoms. The van der Waals surface area contributed by atoms with Crippen LogP contribution in [0.1, 0.15) is 13.8 Å². The molecule has 0 spiro atoms. The van der Waals surface area contributed by atoms with E-state index in [1.807, 2.05) is 6.07 Å². The van der Waals surface area contributed by atoms with Crippen molar-refractivity contribution in [3.05, 3.63) is 58.8 Å². The molecule has 4 aromatic rings. The number of anilines is 3. The van der Waals surface area contributed by atoms with E-state index in [9.17, 15) is 13.2 Å². The molecule has 14 heteroatoms. The zero-order valence-corrected chi connectivity index (χ0v) is 24.9. The van der Waals surface area contributed by atoms with E-state index in [0.29, 0.717) is 64.8 Å².